The SMILES string of the molecule is CC(C)NCc1cc2c(cc1OCC(N)=O)OCO2. The number of primary amides is 1. The summed E-state index contributed by atoms with van der Waals surface area (Å²) in [6.07, 6.45) is 0. The zero-order valence-electron chi connectivity index (χ0n) is 11.1. The lowest BCUT2D eigenvalue weighted by molar-refractivity contribution is -0.119. The number of ether oxygens (including phenoxy) is 3. The first kappa shape index (κ1) is 13.5. The highest BCUT2D eigenvalue weighted by Crippen LogP contribution is 2.38. The van der Waals surface area contributed by atoms with E-state index in [9.17, 15) is 4.79 Å². The summed E-state index contributed by atoms with van der Waals surface area (Å²) in [6, 6.07) is 3.92. The maximum atomic E-state index is 10.8. The Balaban J connectivity index is 2.19. The van der Waals surface area contributed by atoms with Gasteiger partial charge in [-0.15, -0.1) is 0 Å². The van der Waals surface area contributed by atoms with Crippen molar-refractivity contribution in [2.24, 2.45) is 5.73 Å². The van der Waals surface area contributed by atoms with Gasteiger partial charge in [-0.25, -0.2) is 0 Å². The lowest BCUT2D eigenvalue weighted by Gasteiger charge is -2.14. The third-order valence-corrected chi connectivity index (χ3v) is 2.63. The third-order valence-electron chi connectivity index (χ3n) is 2.63. The molecule has 0 saturated heterocycles. The summed E-state index contributed by atoms with van der Waals surface area (Å²) in [5.41, 5.74) is 5.99. The number of rotatable bonds is 6. The van der Waals surface area contributed by atoms with Gasteiger partial charge in [0.15, 0.2) is 18.1 Å². The van der Waals surface area contributed by atoms with Crippen LogP contribution in [0, 0.1) is 0 Å². The van der Waals surface area contributed by atoms with Gasteiger partial charge < -0.3 is 25.3 Å². The van der Waals surface area contributed by atoms with Gasteiger partial charge in [0.05, 0.1) is 0 Å². The van der Waals surface area contributed by atoms with Crippen LogP contribution in [-0.4, -0.2) is 25.3 Å². The van der Waals surface area contributed by atoms with Crippen LogP contribution in [0.4, 0.5) is 0 Å². The molecule has 2 rings (SSSR count). The number of carbonyl (C=O) groups is 1. The number of nitrogens with two attached hydrogens (primary N) is 1. The Kier molecular flexibility index (Phi) is 4.11. The minimum Gasteiger partial charge on any atom is -0.483 e. The number of nitrogens with one attached hydrogen (secondary N) is 1. The van der Waals surface area contributed by atoms with E-state index in [4.69, 9.17) is 19.9 Å². The van der Waals surface area contributed by atoms with Crippen molar-refractivity contribution in [3.63, 3.8) is 0 Å². The summed E-state index contributed by atoms with van der Waals surface area (Å²) in [5.74, 6) is 1.37. The van der Waals surface area contributed by atoms with E-state index in [-0.39, 0.29) is 13.4 Å². The fourth-order valence-electron chi connectivity index (χ4n) is 1.70. The summed E-state index contributed by atoms with van der Waals surface area (Å²) < 4.78 is 16.0. The number of hydrogen-bond donors (Lipinski definition) is 2. The molecule has 0 aliphatic carbocycles. The van der Waals surface area contributed by atoms with E-state index in [2.05, 4.69) is 19.2 Å². The Hall–Kier alpha value is -1.95. The number of hydrogen-bond acceptors (Lipinski definition) is 5. The fraction of sp³-hybridized carbons (Fsp3) is 0.462. The van der Waals surface area contributed by atoms with E-state index in [1.807, 2.05) is 6.07 Å². The fourth-order valence-corrected chi connectivity index (χ4v) is 1.70. The number of amides is 1. The summed E-state index contributed by atoms with van der Waals surface area (Å²) in [4.78, 5) is 10.8. The van der Waals surface area contributed by atoms with Gasteiger partial charge in [-0.05, 0) is 6.07 Å². The summed E-state index contributed by atoms with van der Waals surface area (Å²) in [5, 5.41) is 3.29. The lowest BCUT2D eigenvalue weighted by Crippen LogP contribution is -2.23. The molecule has 0 saturated carbocycles. The van der Waals surface area contributed by atoms with Crippen LogP contribution in [0.1, 0.15) is 19.4 Å². The van der Waals surface area contributed by atoms with Crippen LogP contribution in [0.15, 0.2) is 12.1 Å². The minimum atomic E-state index is -0.513. The van der Waals surface area contributed by atoms with Crippen LogP contribution >= 0.6 is 0 Å². The largest absolute Gasteiger partial charge is 0.483 e. The molecule has 6 heteroatoms. The standard InChI is InChI=1S/C13H18N2O4/c1-8(2)15-5-9-3-11-12(19-7-18-11)4-10(9)17-6-13(14)16/h3-4,8,15H,5-7H2,1-2H3,(H2,14,16). The van der Waals surface area contributed by atoms with Gasteiger partial charge in [-0.3, -0.25) is 4.79 Å². The Morgan fingerprint density at radius 2 is 2.11 bits per heavy atom. The molecule has 104 valence electrons. The Morgan fingerprint density at radius 3 is 2.74 bits per heavy atom. The summed E-state index contributed by atoms with van der Waals surface area (Å²) >= 11 is 0. The first-order valence-electron chi connectivity index (χ1n) is 6.13. The highest BCUT2D eigenvalue weighted by Gasteiger charge is 2.18. The molecule has 0 radical (unpaired) electrons. The molecule has 3 N–H and O–H groups in total. The highest BCUT2D eigenvalue weighted by atomic mass is 16.7. The van der Waals surface area contributed by atoms with Crippen molar-refractivity contribution in [2.75, 3.05) is 13.4 Å². The highest BCUT2D eigenvalue weighted by molar-refractivity contribution is 5.75. The quantitative estimate of drug-likeness (QED) is 0.795. The van der Waals surface area contributed by atoms with Gasteiger partial charge in [0.2, 0.25) is 6.79 Å². The van der Waals surface area contributed by atoms with E-state index >= 15 is 0 Å². The van der Waals surface area contributed by atoms with Gasteiger partial charge in [0.1, 0.15) is 5.75 Å². The van der Waals surface area contributed by atoms with Crippen LogP contribution in [0.25, 0.3) is 0 Å². The molecule has 1 aromatic carbocycles. The van der Waals surface area contributed by atoms with Crippen molar-refractivity contribution in [3.8, 4) is 17.2 Å². The normalized spacial score (nSPS) is 12.8. The molecule has 0 fully saturated rings. The van der Waals surface area contributed by atoms with Gasteiger partial charge in [0, 0.05) is 24.2 Å². The monoisotopic (exact) mass is 266 g/mol. The van der Waals surface area contributed by atoms with Crippen LogP contribution in [-0.2, 0) is 11.3 Å². The topological polar surface area (TPSA) is 82.8 Å². The first-order valence-corrected chi connectivity index (χ1v) is 6.13. The van der Waals surface area contributed by atoms with E-state index in [1.54, 1.807) is 6.07 Å². The summed E-state index contributed by atoms with van der Waals surface area (Å²) in [7, 11) is 0. The van der Waals surface area contributed by atoms with E-state index < -0.39 is 5.91 Å². The minimum absolute atomic E-state index is 0.158. The molecular formula is C13H18N2O4. The smallest absolute Gasteiger partial charge is 0.255 e. The predicted molar refractivity (Wildman–Crippen MR) is 69.2 cm³/mol. The Labute approximate surface area is 111 Å². The van der Waals surface area contributed by atoms with E-state index in [1.165, 1.54) is 0 Å². The van der Waals surface area contributed by atoms with Gasteiger partial charge in [-0.2, -0.15) is 0 Å². The van der Waals surface area contributed by atoms with Crippen molar-refractivity contribution in [2.45, 2.75) is 26.4 Å². The van der Waals surface area contributed by atoms with Crippen molar-refractivity contribution in [3.05, 3.63) is 17.7 Å². The average Bonchev–Trinajstić information content (AvgIpc) is 2.79. The van der Waals surface area contributed by atoms with Crippen molar-refractivity contribution in [1.29, 1.82) is 0 Å². The van der Waals surface area contributed by atoms with Gasteiger partial charge in [0.25, 0.3) is 5.91 Å². The molecule has 6 nitrogen and oxygen atoms in total. The maximum absolute atomic E-state index is 10.8. The number of carbonyl (C=O) groups excluding carboxylic acids is 1. The van der Waals surface area contributed by atoms with Gasteiger partial charge in [-0.1, -0.05) is 13.8 Å². The molecule has 0 unspecified atom stereocenters. The molecule has 1 aliphatic rings. The molecule has 0 aromatic heterocycles. The molecule has 19 heavy (non-hydrogen) atoms. The molecule has 1 heterocycles. The van der Waals surface area contributed by atoms with Crippen LogP contribution in [0.5, 0.6) is 17.2 Å². The predicted octanol–water partition coefficient (Wildman–Crippen LogP) is 0.777. The second-order valence-corrected chi connectivity index (χ2v) is 4.60. The summed E-state index contributed by atoms with van der Waals surface area (Å²) in [6.45, 7) is 4.76. The molecular weight excluding hydrogens is 248 g/mol. The number of fused-ring (bicyclic) bond motifs is 1. The molecule has 0 bridgehead atoms. The van der Waals surface area contributed by atoms with Crippen molar-refractivity contribution in [1.82, 2.24) is 5.32 Å². The van der Waals surface area contributed by atoms with Gasteiger partial charge >= 0.3 is 0 Å². The van der Waals surface area contributed by atoms with E-state index in [0.29, 0.717) is 29.8 Å². The molecule has 1 amide bonds. The lowest BCUT2D eigenvalue weighted by atomic mass is 10.1. The van der Waals surface area contributed by atoms with E-state index in [0.717, 1.165) is 5.56 Å². The Bertz CT molecular complexity index is 474. The molecule has 0 spiro atoms. The number of benzene rings is 1. The van der Waals surface area contributed by atoms with Crippen LogP contribution in [0.3, 0.4) is 0 Å². The zero-order chi connectivity index (χ0) is 13.8. The van der Waals surface area contributed by atoms with Crippen molar-refractivity contribution < 1.29 is 19.0 Å². The van der Waals surface area contributed by atoms with Crippen LogP contribution < -0.4 is 25.3 Å². The van der Waals surface area contributed by atoms with Crippen molar-refractivity contribution >= 4 is 5.91 Å². The molecule has 1 aromatic rings. The van der Waals surface area contributed by atoms with Crippen LogP contribution in [0.2, 0.25) is 0 Å². The molecule has 0 atom stereocenters. The Morgan fingerprint density at radius 1 is 1.42 bits per heavy atom. The second-order valence-electron chi connectivity index (χ2n) is 4.60. The first-order chi connectivity index (χ1) is 9.06. The second kappa shape index (κ2) is 5.79. The maximum Gasteiger partial charge on any atom is 0.255 e. The third kappa shape index (κ3) is 3.51. The average molecular weight is 266 g/mol. The molecule has 1 aliphatic heterocycles. The zero-order valence-corrected chi connectivity index (χ0v) is 11.1.